The topological polar surface area (TPSA) is 61.4 Å². The van der Waals surface area contributed by atoms with Crippen molar-refractivity contribution in [2.24, 2.45) is 0 Å². The van der Waals surface area contributed by atoms with Crippen LogP contribution in [-0.2, 0) is 9.59 Å². The number of carbonyl (C=O) groups is 2. The summed E-state index contributed by atoms with van der Waals surface area (Å²) in [5.74, 6) is 2.14. The average Bonchev–Trinajstić information content (AvgIpc) is 3.08. The Morgan fingerprint density at radius 2 is 2.18 bits per heavy atom. The lowest BCUT2D eigenvalue weighted by atomic mass is 10.2. The van der Waals surface area contributed by atoms with Crippen molar-refractivity contribution >= 4 is 11.8 Å². The Bertz CT molecular complexity index is 331. The molecule has 0 aromatic heterocycles. The fourth-order valence-corrected chi connectivity index (χ4v) is 1.35. The van der Waals surface area contributed by atoms with Gasteiger partial charge in [-0.05, 0) is 26.8 Å². The van der Waals surface area contributed by atoms with Gasteiger partial charge in [-0.15, -0.1) is 6.42 Å². The van der Waals surface area contributed by atoms with Gasteiger partial charge in [0.15, 0.2) is 0 Å². The van der Waals surface area contributed by atoms with Crippen LogP contribution >= 0.6 is 0 Å². The van der Waals surface area contributed by atoms with Crippen LogP contribution in [-0.4, -0.2) is 48.9 Å². The van der Waals surface area contributed by atoms with Gasteiger partial charge in [-0.2, -0.15) is 0 Å². The monoisotopic (exact) mass is 237 g/mol. The molecule has 0 spiro atoms. The maximum absolute atomic E-state index is 11.6. The smallest absolute Gasteiger partial charge is 0.237 e. The van der Waals surface area contributed by atoms with Crippen LogP contribution in [0.4, 0.5) is 0 Å². The third-order valence-corrected chi connectivity index (χ3v) is 2.74. The molecule has 0 radical (unpaired) electrons. The third kappa shape index (κ3) is 4.87. The number of terminal acetylenes is 1. The fourth-order valence-electron chi connectivity index (χ4n) is 1.35. The summed E-state index contributed by atoms with van der Waals surface area (Å²) in [6, 6.07) is -0.0187. The Morgan fingerprint density at radius 1 is 1.53 bits per heavy atom. The van der Waals surface area contributed by atoms with Crippen molar-refractivity contribution in [3.05, 3.63) is 0 Å². The molecule has 1 aliphatic rings. The molecule has 94 valence electrons. The van der Waals surface area contributed by atoms with Crippen LogP contribution in [0.5, 0.6) is 0 Å². The van der Waals surface area contributed by atoms with Gasteiger partial charge in [0.1, 0.15) is 0 Å². The summed E-state index contributed by atoms with van der Waals surface area (Å²) in [5.41, 5.74) is 0. The van der Waals surface area contributed by atoms with E-state index in [2.05, 4.69) is 16.6 Å². The molecule has 17 heavy (non-hydrogen) atoms. The van der Waals surface area contributed by atoms with Gasteiger partial charge in [0, 0.05) is 6.04 Å². The van der Waals surface area contributed by atoms with Crippen molar-refractivity contribution in [1.29, 1.82) is 0 Å². The lowest BCUT2D eigenvalue weighted by Gasteiger charge is -2.22. The lowest BCUT2D eigenvalue weighted by molar-refractivity contribution is -0.127. The quantitative estimate of drug-likeness (QED) is 0.603. The predicted octanol–water partition coefficient (Wildman–Crippen LogP) is -0.665. The van der Waals surface area contributed by atoms with Crippen LogP contribution in [0, 0.1) is 12.3 Å². The third-order valence-electron chi connectivity index (χ3n) is 2.74. The van der Waals surface area contributed by atoms with E-state index in [9.17, 15) is 9.59 Å². The van der Waals surface area contributed by atoms with E-state index in [0.29, 0.717) is 6.04 Å². The van der Waals surface area contributed by atoms with Crippen molar-refractivity contribution in [1.82, 2.24) is 15.5 Å². The Kier molecular flexibility index (Phi) is 4.98. The van der Waals surface area contributed by atoms with E-state index in [1.165, 1.54) is 0 Å². The van der Waals surface area contributed by atoms with Gasteiger partial charge < -0.3 is 10.6 Å². The van der Waals surface area contributed by atoms with E-state index >= 15 is 0 Å². The summed E-state index contributed by atoms with van der Waals surface area (Å²) in [6.07, 6.45) is 7.18. The standard InChI is InChI=1S/C12H19N3O2/c1-4-7-13-12(17)9(2)15(3)8-11(16)14-10-5-6-10/h1,9-10H,5-8H2,2-3H3,(H,13,17)(H,14,16). The Morgan fingerprint density at radius 3 is 2.71 bits per heavy atom. The first-order chi connectivity index (χ1) is 8.04. The summed E-state index contributed by atoms with van der Waals surface area (Å²) in [6.45, 7) is 2.18. The lowest BCUT2D eigenvalue weighted by Crippen LogP contribution is -2.47. The van der Waals surface area contributed by atoms with Crippen molar-refractivity contribution in [2.75, 3.05) is 20.1 Å². The number of nitrogens with one attached hydrogen (secondary N) is 2. The van der Waals surface area contributed by atoms with Gasteiger partial charge in [-0.25, -0.2) is 0 Å². The minimum Gasteiger partial charge on any atom is -0.352 e. The molecular weight excluding hydrogens is 218 g/mol. The average molecular weight is 237 g/mol. The zero-order valence-corrected chi connectivity index (χ0v) is 10.3. The predicted molar refractivity (Wildman–Crippen MR) is 65.1 cm³/mol. The highest BCUT2D eigenvalue weighted by molar-refractivity contribution is 5.83. The number of hydrogen-bond donors (Lipinski definition) is 2. The molecule has 0 aromatic carbocycles. The Hall–Kier alpha value is -1.54. The molecule has 2 N–H and O–H groups in total. The molecule has 1 saturated carbocycles. The second-order valence-electron chi connectivity index (χ2n) is 4.35. The molecule has 0 aliphatic heterocycles. The SMILES string of the molecule is C#CCNC(=O)C(C)N(C)CC(=O)NC1CC1. The molecule has 0 heterocycles. The van der Waals surface area contributed by atoms with Gasteiger partial charge in [-0.1, -0.05) is 5.92 Å². The summed E-state index contributed by atoms with van der Waals surface area (Å²) in [7, 11) is 1.74. The number of amides is 2. The molecule has 5 nitrogen and oxygen atoms in total. The number of likely N-dealkylation sites (N-methyl/N-ethyl adjacent to an activating group) is 1. The number of carbonyl (C=O) groups excluding carboxylic acids is 2. The van der Waals surface area contributed by atoms with Crippen LogP contribution < -0.4 is 10.6 Å². The van der Waals surface area contributed by atoms with Crippen molar-refractivity contribution < 1.29 is 9.59 Å². The molecule has 1 unspecified atom stereocenters. The minimum atomic E-state index is -0.367. The van der Waals surface area contributed by atoms with Crippen LogP contribution in [0.25, 0.3) is 0 Å². The normalized spacial score (nSPS) is 16.1. The van der Waals surface area contributed by atoms with Crippen molar-refractivity contribution in [3.8, 4) is 12.3 Å². The maximum Gasteiger partial charge on any atom is 0.237 e. The second-order valence-corrected chi connectivity index (χ2v) is 4.35. The number of hydrogen-bond acceptors (Lipinski definition) is 3. The molecule has 1 atom stereocenters. The first kappa shape index (κ1) is 13.5. The van der Waals surface area contributed by atoms with Crippen molar-refractivity contribution in [3.63, 3.8) is 0 Å². The molecule has 0 bridgehead atoms. The van der Waals surface area contributed by atoms with Crippen molar-refractivity contribution in [2.45, 2.75) is 31.8 Å². The summed E-state index contributed by atoms with van der Waals surface area (Å²) < 4.78 is 0. The van der Waals surface area contributed by atoms with Crippen LogP contribution in [0.3, 0.4) is 0 Å². The number of rotatable bonds is 6. The second kappa shape index (κ2) is 6.26. The van der Waals surface area contributed by atoms with Crippen LogP contribution in [0.2, 0.25) is 0 Å². The molecule has 1 fully saturated rings. The Labute approximate surface area is 102 Å². The highest BCUT2D eigenvalue weighted by atomic mass is 16.2. The maximum atomic E-state index is 11.6. The van der Waals surface area contributed by atoms with E-state index in [1.54, 1.807) is 18.9 Å². The number of nitrogens with zero attached hydrogens (tertiary/aromatic N) is 1. The van der Waals surface area contributed by atoms with Gasteiger partial charge in [0.2, 0.25) is 11.8 Å². The summed E-state index contributed by atoms with van der Waals surface area (Å²) in [5, 5.41) is 5.47. The minimum absolute atomic E-state index is 0.0356. The van der Waals surface area contributed by atoms with E-state index in [1.807, 2.05) is 0 Å². The van der Waals surface area contributed by atoms with Crippen LogP contribution in [0.15, 0.2) is 0 Å². The first-order valence-corrected chi connectivity index (χ1v) is 5.75. The Balaban J connectivity index is 2.29. The molecule has 2 amide bonds. The molecule has 1 rings (SSSR count). The molecule has 5 heteroatoms. The van der Waals surface area contributed by atoms with Gasteiger partial charge in [0.25, 0.3) is 0 Å². The molecule has 0 saturated heterocycles. The largest absolute Gasteiger partial charge is 0.352 e. The van der Waals surface area contributed by atoms with E-state index in [4.69, 9.17) is 6.42 Å². The molecule has 0 aromatic rings. The highest BCUT2D eigenvalue weighted by Crippen LogP contribution is 2.18. The summed E-state index contributed by atoms with van der Waals surface area (Å²) >= 11 is 0. The summed E-state index contributed by atoms with van der Waals surface area (Å²) in [4.78, 5) is 24.8. The van der Waals surface area contributed by atoms with Gasteiger partial charge in [0.05, 0.1) is 19.1 Å². The zero-order chi connectivity index (χ0) is 12.8. The van der Waals surface area contributed by atoms with E-state index in [0.717, 1.165) is 12.8 Å². The van der Waals surface area contributed by atoms with E-state index in [-0.39, 0.29) is 30.9 Å². The van der Waals surface area contributed by atoms with E-state index < -0.39 is 0 Å². The zero-order valence-electron chi connectivity index (χ0n) is 10.3. The fraction of sp³-hybridized carbons (Fsp3) is 0.667. The highest BCUT2D eigenvalue weighted by Gasteiger charge is 2.25. The molecule has 1 aliphatic carbocycles. The first-order valence-electron chi connectivity index (χ1n) is 5.75. The molecular formula is C12H19N3O2. The van der Waals surface area contributed by atoms with Crippen LogP contribution in [0.1, 0.15) is 19.8 Å². The van der Waals surface area contributed by atoms with Gasteiger partial charge >= 0.3 is 0 Å². The van der Waals surface area contributed by atoms with Gasteiger partial charge in [-0.3, -0.25) is 14.5 Å².